The van der Waals surface area contributed by atoms with E-state index in [1.807, 2.05) is 5.32 Å². The Balaban J connectivity index is 4.11. The van der Waals surface area contributed by atoms with Crippen molar-refractivity contribution in [1.29, 1.82) is 0 Å². The zero-order valence-corrected chi connectivity index (χ0v) is 51.8. The zero-order chi connectivity index (χ0) is 66.5. The molecule has 0 aliphatic carbocycles. The number of aliphatic carboxylic acids is 1. The minimum absolute atomic E-state index is 0.0586. The van der Waals surface area contributed by atoms with Crippen LogP contribution in [0.3, 0.4) is 0 Å². The standard InChI is InChI=1S/C55H97ClN14O18/c1-6-8-9-10-11-12-13-14-15-18-32(72)27-41(75)61-38-30-88-55(87)43(39(73)29-56)68-46(77)33(7-2)62-52(83)42(31(3)71)67-49(80)36(21-24-59)64-47(78)34(19-16-17-22-57)63-50(81)37(28-40(74)60-25-26-70(4)5)66-48(79)35(20-23-58)65-53(84)44(69-51(38)82)45(76)54(85)86/h7,31-32,34-39,42-45,71-73,76H,6,8-30,57-59H2,1-5H3,(H,60,74)(H,61,75)(H,62,83)(H,63,81)(H,64,78)(H,65,84)(H,66,79)(H,67,80)(H,68,77)(H,69,82)(H,85,86)/b33-7+/t31-,32+,34?,35+,36-,37?,38?,39+,42?,43?,44?,45-/m0/s1. The fraction of sp³-hybridized carbons (Fsp3) is 0.745. The number of nitrogens with two attached hydrogens (primary N) is 3. The molecule has 32 nitrogen and oxygen atoms in total. The number of hydrogen-bond acceptors (Lipinski definition) is 21. The van der Waals surface area contributed by atoms with Crippen LogP contribution in [0.25, 0.3) is 0 Å². The van der Waals surface area contributed by atoms with E-state index in [0.717, 1.165) is 64.4 Å². The first-order valence-electron chi connectivity index (χ1n) is 29.8. The first-order chi connectivity index (χ1) is 41.7. The number of esters is 1. The van der Waals surface area contributed by atoms with E-state index < -0.39 is 188 Å². The number of amides is 10. The zero-order valence-electron chi connectivity index (χ0n) is 51.1. The molecule has 502 valence electrons. The predicted molar refractivity (Wildman–Crippen MR) is 319 cm³/mol. The van der Waals surface area contributed by atoms with Gasteiger partial charge < -0.3 is 106 Å². The summed E-state index contributed by atoms with van der Waals surface area (Å²) in [7, 11) is 3.43. The van der Waals surface area contributed by atoms with Crippen LogP contribution < -0.4 is 70.4 Å². The number of unbranched alkanes of at least 4 members (excludes halogenated alkanes) is 9. The van der Waals surface area contributed by atoms with Gasteiger partial charge in [0.1, 0.15) is 54.6 Å². The number of nitrogens with zero attached hydrogens (tertiary/aromatic N) is 1. The maximum Gasteiger partial charge on any atom is 0.335 e. The fourth-order valence-electron chi connectivity index (χ4n) is 8.73. The molecule has 12 atom stereocenters. The molecule has 1 saturated heterocycles. The minimum Gasteiger partial charge on any atom is -0.479 e. The number of allylic oxidation sites excluding steroid dienone is 1. The largest absolute Gasteiger partial charge is 0.479 e. The Hall–Kier alpha value is -6.65. The Labute approximate surface area is 517 Å². The number of likely N-dealkylation sites (N-methyl/N-ethyl adjacent to an activating group) is 1. The number of rotatable bonds is 31. The quantitative estimate of drug-likeness (QED) is 0.0133. The van der Waals surface area contributed by atoms with Crippen molar-refractivity contribution >= 4 is 82.6 Å². The van der Waals surface area contributed by atoms with Crippen LogP contribution in [0.5, 0.6) is 0 Å². The molecule has 10 amide bonds. The number of hydrogen-bond donors (Lipinski definition) is 18. The molecule has 1 rings (SSSR count). The van der Waals surface area contributed by atoms with E-state index in [1.165, 1.54) is 6.92 Å². The maximum absolute atomic E-state index is 14.3. The topological polar surface area (TPSA) is 517 Å². The Morgan fingerprint density at radius 2 is 1.17 bits per heavy atom. The van der Waals surface area contributed by atoms with Crippen molar-refractivity contribution in [2.45, 2.75) is 203 Å². The summed E-state index contributed by atoms with van der Waals surface area (Å²) in [6.45, 7) is 3.09. The molecule has 21 N–H and O–H groups in total. The van der Waals surface area contributed by atoms with Gasteiger partial charge in [-0.05, 0) is 86.1 Å². The number of aliphatic hydroxyl groups is 4. The van der Waals surface area contributed by atoms with Gasteiger partial charge in [0.15, 0.2) is 12.1 Å². The number of carbonyl (C=O) groups excluding carboxylic acids is 11. The number of halogens is 1. The molecule has 0 aromatic rings. The van der Waals surface area contributed by atoms with Crippen molar-refractivity contribution < 1.29 is 87.8 Å². The Bertz CT molecular complexity index is 2300. The normalized spacial score (nSPS) is 23.8. The first kappa shape index (κ1) is 79.4. The lowest BCUT2D eigenvalue weighted by atomic mass is 10.0. The molecule has 1 aliphatic rings. The summed E-state index contributed by atoms with van der Waals surface area (Å²) in [5.74, 6) is -16.5. The molecule has 1 aliphatic heterocycles. The molecular weight excluding hydrogens is 1180 g/mol. The highest BCUT2D eigenvalue weighted by molar-refractivity contribution is 6.18. The van der Waals surface area contributed by atoms with Crippen molar-refractivity contribution in [1.82, 2.24) is 58.1 Å². The number of carboxylic acid groups (broad SMARTS) is 1. The Kier molecular flexibility index (Phi) is 39.6. The summed E-state index contributed by atoms with van der Waals surface area (Å²) in [5.41, 5.74) is 16.7. The van der Waals surface area contributed by atoms with Gasteiger partial charge in [-0.2, -0.15) is 0 Å². The monoisotopic (exact) mass is 1280 g/mol. The second kappa shape index (κ2) is 43.9. The molecule has 6 unspecified atom stereocenters. The number of nitrogens with one attached hydrogen (secondary N) is 10. The van der Waals surface area contributed by atoms with Crippen molar-refractivity contribution in [2.75, 3.05) is 59.3 Å². The molecule has 1 heterocycles. The van der Waals surface area contributed by atoms with Gasteiger partial charge in [-0.1, -0.05) is 70.8 Å². The molecule has 1 fully saturated rings. The van der Waals surface area contributed by atoms with Crippen LogP contribution in [0.4, 0.5) is 0 Å². The lowest BCUT2D eigenvalue weighted by Gasteiger charge is -2.29. The average Bonchev–Trinajstić information content (AvgIpc) is 3.18. The second-order valence-corrected chi connectivity index (χ2v) is 21.9. The van der Waals surface area contributed by atoms with Crippen molar-refractivity contribution in [3.63, 3.8) is 0 Å². The molecule has 0 spiro atoms. The van der Waals surface area contributed by atoms with Gasteiger partial charge >= 0.3 is 11.9 Å². The van der Waals surface area contributed by atoms with E-state index in [2.05, 4.69) is 54.8 Å². The third kappa shape index (κ3) is 30.5. The highest BCUT2D eigenvalue weighted by Crippen LogP contribution is 2.14. The third-order valence-electron chi connectivity index (χ3n) is 13.9. The van der Waals surface area contributed by atoms with E-state index in [1.54, 1.807) is 19.0 Å². The van der Waals surface area contributed by atoms with Gasteiger partial charge in [-0.15, -0.1) is 11.6 Å². The molecule has 88 heavy (non-hydrogen) atoms. The Morgan fingerprint density at radius 3 is 1.69 bits per heavy atom. The first-order valence-corrected chi connectivity index (χ1v) is 30.3. The highest BCUT2D eigenvalue weighted by Gasteiger charge is 2.40. The van der Waals surface area contributed by atoms with Crippen LogP contribution in [0, 0.1) is 0 Å². The number of carbonyl (C=O) groups is 12. The fourth-order valence-corrected chi connectivity index (χ4v) is 8.91. The lowest BCUT2D eigenvalue weighted by Crippen LogP contribution is -2.63. The Morgan fingerprint density at radius 1 is 0.648 bits per heavy atom. The van der Waals surface area contributed by atoms with E-state index in [4.69, 9.17) is 33.5 Å². The molecule has 0 aromatic carbocycles. The molecule has 0 aromatic heterocycles. The van der Waals surface area contributed by atoms with Gasteiger partial charge in [-0.3, -0.25) is 47.9 Å². The summed E-state index contributed by atoms with van der Waals surface area (Å²) < 4.78 is 5.31. The van der Waals surface area contributed by atoms with Crippen LogP contribution in [0.15, 0.2) is 11.8 Å². The summed E-state index contributed by atoms with van der Waals surface area (Å²) in [5, 5.41) is 76.2. The number of cyclic esters (lactones) is 1. The molecule has 0 radical (unpaired) electrons. The number of carboxylic acids is 1. The number of ether oxygens (including phenoxy) is 1. The predicted octanol–water partition coefficient (Wildman–Crippen LogP) is -5.57. The maximum atomic E-state index is 14.3. The van der Waals surface area contributed by atoms with Crippen molar-refractivity contribution in [3.05, 3.63) is 11.8 Å². The van der Waals surface area contributed by atoms with E-state index in [9.17, 15) is 83.1 Å². The van der Waals surface area contributed by atoms with Gasteiger partial charge in [0.05, 0.1) is 37.0 Å². The van der Waals surface area contributed by atoms with Crippen LogP contribution in [0.2, 0.25) is 0 Å². The molecule has 33 heteroatoms. The van der Waals surface area contributed by atoms with Gasteiger partial charge in [0.2, 0.25) is 53.2 Å². The minimum atomic E-state index is -2.83. The van der Waals surface area contributed by atoms with E-state index in [0.29, 0.717) is 19.4 Å². The van der Waals surface area contributed by atoms with Crippen LogP contribution in [0.1, 0.15) is 130 Å². The third-order valence-corrected chi connectivity index (χ3v) is 14.2. The molecule has 0 saturated carbocycles. The number of aliphatic hydroxyl groups excluding tert-OH is 4. The van der Waals surface area contributed by atoms with Crippen LogP contribution >= 0.6 is 11.6 Å². The molecule has 0 bridgehead atoms. The van der Waals surface area contributed by atoms with Crippen molar-refractivity contribution in [2.24, 2.45) is 17.2 Å². The summed E-state index contributed by atoms with van der Waals surface area (Å²) >= 11 is 5.91. The van der Waals surface area contributed by atoms with Gasteiger partial charge in [0, 0.05) is 13.1 Å². The summed E-state index contributed by atoms with van der Waals surface area (Å²) in [4.78, 5) is 168. The van der Waals surface area contributed by atoms with Crippen molar-refractivity contribution in [3.8, 4) is 0 Å². The lowest BCUT2D eigenvalue weighted by molar-refractivity contribution is -0.154. The highest BCUT2D eigenvalue weighted by atomic mass is 35.5. The molecular formula is C55H97ClN14O18. The average molecular weight is 1280 g/mol. The second-order valence-electron chi connectivity index (χ2n) is 21.6. The van der Waals surface area contributed by atoms with E-state index in [-0.39, 0.29) is 45.3 Å². The summed E-state index contributed by atoms with van der Waals surface area (Å²) in [6, 6.07) is -15.6. The number of alkyl halides is 1. The SMILES string of the molecule is C/C=C1/NC(=O)C([C@H](C)O)NC(=O)[C@H](CCN)NC(=O)C(CCCCN)NC(=O)C(CC(=O)NCCN(C)C)NC(=O)[C@@H](CCN)NC(=O)C([C@H](O)C(=O)O)NC(=O)C(NC(=O)C[C@H](O)CCCCCCCCCCC)COC(=O)C([C@H](O)CCl)NC1=O. The van der Waals surface area contributed by atoms with Gasteiger partial charge in [0.25, 0.3) is 5.91 Å². The van der Waals surface area contributed by atoms with Gasteiger partial charge in [-0.25, -0.2) is 9.59 Å². The van der Waals surface area contributed by atoms with Crippen LogP contribution in [-0.4, -0.2) is 233 Å². The van der Waals surface area contributed by atoms with E-state index >= 15 is 0 Å². The van der Waals surface area contributed by atoms with Crippen LogP contribution in [-0.2, 0) is 62.3 Å². The smallest absolute Gasteiger partial charge is 0.335 e. The summed E-state index contributed by atoms with van der Waals surface area (Å²) in [6.07, 6.45) is 0.107.